The van der Waals surface area contributed by atoms with Crippen molar-refractivity contribution in [1.29, 1.82) is 0 Å². The third-order valence-corrected chi connectivity index (χ3v) is 4.01. The Balaban J connectivity index is 2.80. The third-order valence-electron chi connectivity index (χ3n) is 3.69. The topological polar surface area (TPSA) is 30.9 Å². The summed E-state index contributed by atoms with van der Waals surface area (Å²) >= 11 is 0. The van der Waals surface area contributed by atoms with Crippen LogP contribution < -0.4 is 0 Å². The minimum Gasteiger partial charge on any atom is -0.356 e. The van der Waals surface area contributed by atoms with E-state index in [9.17, 15) is 0 Å². The second-order valence-electron chi connectivity index (χ2n) is 5.91. The zero-order valence-corrected chi connectivity index (χ0v) is 13.6. The Bertz CT molecular complexity index is 261. The average Bonchev–Trinajstić information content (AvgIpc) is 2.27. The standard InChI is InChI=1S/C13H28NO3P/c1-7-13(3,4)16-12-11(17-18)10(14(5)6)8-9(2)15-12/h9-12H,7-8,18H2,1-6H3/t9-,10+,11-,12?/m1/s1. The van der Waals surface area contributed by atoms with Crippen LogP contribution in [0.2, 0.25) is 0 Å². The molecule has 5 atom stereocenters. The molecule has 1 saturated heterocycles. The van der Waals surface area contributed by atoms with Crippen LogP contribution in [0.25, 0.3) is 0 Å². The summed E-state index contributed by atoms with van der Waals surface area (Å²) in [6, 6.07) is 0.309. The Kier molecular flexibility index (Phi) is 6.01. The fourth-order valence-electron chi connectivity index (χ4n) is 2.17. The third kappa shape index (κ3) is 4.14. The van der Waals surface area contributed by atoms with Gasteiger partial charge in [-0.2, -0.15) is 0 Å². The van der Waals surface area contributed by atoms with Crippen LogP contribution in [-0.2, 0) is 14.0 Å². The van der Waals surface area contributed by atoms with Crippen molar-refractivity contribution in [3.05, 3.63) is 0 Å². The SMILES string of the molecule is CCC(C)(C)OC1O[C@H](C)C[C@H](N(C)C)[C@H]1OP. The monoisotopic (exact) mass is 277 g/mol. The van der Waals surface area contributed by atoms with Crippen molar-refractivity contribution >= 4 is 9.47 Å². The van der Waals surface area contributed by atoms with Gasteiger partial charge in [0.05, 0.1) is 11.7 Å². The van der Waals surface area contributed by atoms with Crippen LogP contribution in [0.15, 0.2) is 0 Å². The largest absolute Gasteiger partial charge is 0.356 e. The zero-order valence-electron chi connectivity index (χ0n) is 12.5. The Hall–Kier alpha value is 0.270. The summed E-state index contributed by atoms with van der Waals surface area (Å²) < 4.78 is 17.6. The molecule has 0 aromatic carbocycles. The number of hydrogen-bond donors (Lipinski definition) is 0. The molecule has 0 bridgehead atoms. The summed E-state index contributed by atoms with van der Waals surface area (Å²) in [4.78, 5) is 2.18. The summed E-state index contributed by atoms with van der Waals surface area (Å²) in [5.74, 6) is 0. The van der Waals surface area contributed by atoms with Crippen molar-refractivity contribution in [1.82, 2.24) is 4.90 Å². The lowest BCUT2D eigenvalue weighted by molar-refractivity contribution is -0.278. The van der Waals surface area contributed by atoms with Crippen molar-refractivity contribution in [2.75, 3.05) is 14.1 Å². The molecule has 108 valence electrons. The fraction of sp³-hybridized carbons (Fsp3) is 1.00. The van der Waals surface area contributed by atoms with E-state index >= 15 is 0 Å². The smallest absolute Gasteiger partial charge is 0.186 e. The molecule has 0 aliphatic carbocycles. The molecule has 2 unspecified atom stereocenters. The lowest BCUT2D eigenvalue weighted by atomic mass is 9.98. The Morgan fingerprint density at radius 1 is 1.39 bits per heavy atom. The molecule has 0 aromatic heterocycles. The van der Waals surface area contributed by atoms with E-state index in [4.69, 9.17) is 14.0 Å². The molecule has 1 fully saturated rings. The average molecular weight is 277 g/mol. The predicted octanol–water partition coefficient (Wildman–Crippen LogP) is 2.43. The van der Waals surface area contributed by atoms with Gasteiger partial charge in [-0.1, -0.05) is 6.92 Å². The van der Waals surface area contributed by atoms with Gasteiger partial charge in [-0.3, -0.25) is 0 Å². The van der Waals surface area contributed by atoms with Crippen molar-refractivity contribution in [2.45, 2.75) is 70.7 Å². The minimum absolute atomic E-state index is 0.0768. The maximum atomic E-state index is 6.10. The van der Waals surface area contributed by atoms with E-state index in [0.717, 1.165) is 12.8 Å². The highest BCUT2D eigenvalue weighted by atomic mass is 31.0. The molecule has 1 heterocycles. The second-order valence-corrected chi connectivity index (χ2v) is 6.19. The molecule has 0 radical (unpaired) electrons. The second kappa shape index (κ2) is 6.62. The first kappa shape index (κ1) is 16.3. The van der Waals surface area contributed by atoms with E-state index in [0.29, 0.717) is 6.04 Å². The Morgan fingerprint density at radius 3 is 2.44 bits per heavy atom. The van der Waals surface area contributed by atoms with Gasteiger partial charge in [-0.15, -0.1) is 0 Å². The summed E-state index contributed by atoms with van der Waals surface area (Å²) in [6.07, 6.45) is 1.70. The van der Waals surface area contributed by atoms with Crippen LogP contribution in [0.1, 0.15) is 40.5 Å². The van der Waals surface area contributed by atoms with Gasteiger partial charge in [0, 0.05) is 15.5 Å². The maximum absolute atomic E-state index is 6.10. The van der Waals surface area contributed by atoms with Crippen LogP contribution in [0.4, 0.5) is 0 Å². The van der Waals surface area contributed by atoms with Crippen molar-refractivity contribution in [3.8, 4) is 0 Å². The molecule has 18 heavy (non-hydrogen) atoms. The van der Waals surface area contributed by atoms with Gasteiger partial charge in [-0.05, 0) is 47.7 Å². The van der Waals surface area contributed by atoms with E-state index in [1.165, 1.54) is 0 Å². The van der Waals surface area contributed by atoms with Crippen LogP contribution in [0.5, 0.6) is 0 Å². The molecule has 1 aliphatic heterocycles. The van der Waals surface area contributed by atoms with Crippen molar-refractivity contribution in [3.63, 3.8) is 0 Å². The summed E-state index contributed by atoms with van der Waals surface area (Å²) in [5.41, 5.74) is -0.194. The van der Waals surface area contributed by atoms with Crippen molar-refractivity contribution in [2.24, 2.45) is 0 Å². The molecule has 1 rings (SSSR count). The summed E-state index contributed by atoms with van der Waals surface area (Å²) in [5, 5.41) is 0. The lowest BCUT2D eigenvalue weighted by Gasteiger charge is -2.44. The van der Waals surface area contributed by atoms with Gasteiger partial charge in [0.15, 0.2) is 6.29 Å². The first-order valence-electron chi connectivity index (χ1n) is 6.66. The van der Waals surface area contributed by atoms with E-state index in [-0.39, 0.29) is 24.1 Å². The molecular formula is C13H28NO3P. The Morgan fingerprint density at radius 2 is 2.00 bits per heavy atom. The van der Waals surface area contributed by atoms with Gasteiger partial charge >= 0.3 is 0 Å². The molecular weight excluding hydrogens is 249 g/mol. The predicted molar refractivity (Wildman–Crippen MR) is 76.5 cm³/mol. The maximum Gasteiger partial charge on any atom is 0.186 e. The van der Waals surface area contributed by atoms with E-state index in [1.54, 1.807) is 0 Å². The van der Waals surface area contributed by atoms with Crippen LogP contribution in [-0.4, -0.2) is 49.1 Å². The molecule has 0 aromatic rings. The number of ether oxygens (including phenoxy) is 2. The van der Waals surface area contributed by atoms with Gasteiger partial charge in [0.25, 0.3) is 0 Å². The normalized spacial score (nSPS) is 34.0. The van der Waals surface area contributed by atoms with E-state index in [1.807, 2.05) is 0 Å². The fourth-order valence-corrected chi connectivity index (χ4v) is 2.48. The first-order chi connectivity index (χ1) is 8.30. The zero-order chi connectivity index (χ0) is 13.9. The molecule has 0 amide bonds. The summed E-state index contributed by atoms with van der Waals surface area (Å²) in [6.45, 7) is 8.37. The lowest BCUT2D eigenvalue weighted by Crippen LogP contribution is -2.56. The number of hydrogen-bond acceptors (Lipinski definition) is 4. The minimum atomic E-state index is -0.311. The van der Waals surface area contributed by atoms with Crippen molar-refractivity contribution < 1.29 is 14.0 Å². The highest BCUT2D eigenvalue weighted by Crippen LogP contribution is 2.30. The molecule has 1 aliphatic rings. The van der Waals surface area contributed by atoms with Crippen LogP contribution >= 0.6 is 9.47 Å². The highest BCUT2D eigenvalue weighted by molar-refractivity contribution is 7.09. The highest BCUT2D eigenvalue weighted by Gasteiger charge is 2.41. The van der Waals surface area contributed by atoms with Gasteiger partial charge in [0.1, 0.15) is 6.10 Å². The van der Waals surface area contributed by atoms with Gasteiger partial charge in [0.2, 0.25) is 0 Å². The van der Waals surface area contributed by atoms with E-state index in [2.05, 4.69) is 56.2 Å². The molecule has 5 heteroatoms. The number of nitrogens with zero attached hydrogens (tertiary/aromatic N) is 1. The van der Waals surface area contributed by atoms with Gasteiger partial charge < -0.3 is 18.9 Å². The summed E-state index contributed by atoms with van der Waals surface area (Å²) in [7, 11) is 6.49. The van der Waals surface area contributed by atoms with Crippen LogP contribution in [0, 0.1) is 0 Å². The first-order valence-corrected chi connectivity index (χ1v) is 7.13. The van der Waals surface area contributed by atoms with Gasteiger partial charge in [-0.25, -0.2) is 0 Å². The molecule has 4 nitrogen and oxygen atoms in total. The quantitative estimate of drug-likeness (QED) is 0.722. The molecule has 0 spiro atoms. The number of likely N-dealkylation sites (N-methyl/N-ethyl adjacent to an activating group) is 1. The molecule has 0 N–H and O–H groups in total. The Labute approximate surface area is 114 Å². The van der Waals surface area contributed by atoms with Crippen LogP contribution in [0.3, 0.4) is 0 Å². The number of rotatable bonds is 5. The van der Waals surface area contributed by atoms with E-state index < -0.39 is 0 Å². The molecule has 0 saturated carbocycles.